The van der Waals surface area contributed by atoms with Crippen molar-refractivity contribution in [3.8, 4) is 17.0 Å². The summed E-state index contributed by atoms with van der Waals surface area (Å²) in [7, 11) is 1.65. The summed E-state index contributed by atoms with van der Waals surface area (Å²) in [5, 5.41) is 15.6. The van der Waals surface area contributed by atoms with Gasteiger partial charge < -0.3 is 14.4 Å². The van der Waals surface area contributed by atoms with E-state index in [2.05, 4.69) is 23.9 Å². The monoisotopic (exact) mass is 338 g/mol. The summed E-state index contributed by atoms with van der Waals surface area (Å²) in [6.45, 7) is 5.63. The Morgan fingerprint density at radius 3 is 2.88 bits per heavy atom. The minimum Gasteiger partial charge on any atom is -0.496 e. The average Bonchev–Trinajstić information content (AvgIpc) is 3.09. The van der Waals surface area contributed by atoms with Gasteiger partial charge in [-0.1, -0.05) is 41.6 Å². The van der Waals surface area contributed by atoms with E-state index >= 15 is 0 Å². The minimum absolute atomic E-state index is 0.0893. The first kappa shape index (κ1) is 17.2. The van der Waals surface area contributed by atoms with Gasteiger partial charge in [-0.3, -0.25) is 4.90 Å². The standard InChI is InChI=1S/C20H22N2O3/c1-3-10-22(11-12-23)14-16-13-18(21-25-16)20-17-7-5-4-6-15(17)8-9-19(20)24-2/h3-9,13,23H,1,10-12,14H2,2H3. The van der Waals surface area contributed by atoms with Crippen LogP contribution >= 0.6 is 0 Å². The van der Waals surface area contributed by atoms with E-state index in [1.54, 1.807) is 13.2 Å². The highest BCUT2D eigenvalue weighted by Crippen LogP contribution is 2.36. The van der Waals surface area contributed by atoms with Crippen molar-refractivity contribution in [3.05, 3.63) is 60.9 Å². The molecule has 0 spiro atoms. The maximum atomic E-state index is 9.17. The molecule has 3 rings (SSSR count). The quantitative estimate of drug-likeness (QED) is 0.637. The van der Waals surface area contributed by atoms with Crippen molar-refractivity contribution in [3.63, 3.8) is 0 Å². The summed E-state index contributed by atoms with van der Waals surface area (Å²) in [4.78, 5) is 2.04. The van der Waals surface area contributed by atoms with Crippen LogP contribution in [0.1, 0.15) is 5.76 Å². The highest BCUT2D eigenvalue weighted by molar-refractivity contribution is 5.98. The molecule has 5 nitrogen and oxygen atoms in total. The number of fused-ring (bicyclic) bond motifs is 1. The normalized spacial score (nSPS) is 11.2. The Morgan fingerprint density at radius 1 is 1.28 bits per heavy atom. The minimum atomic E-state index is 0.0893. The van der Waals surface area contributed by atoms with E-state index in [1.165, 1.54) is 0 Å². The largest absolute Gasteiger partial charge is 0.496 e. The molecular formula is C20H22N2O3. The van der Waals surface area contributed by atoms with Crippen LogP contribution in [0, 0.1) is 0 Å². The lowest BCUT2D eigenvalue weighted by Crippen LogP contribution is -2.26. The van der Waals surface area contributed by atoms with Gasteiger partial charge in [0.25, 0.3) is 0 Å². The van der Waals surface area contributed by atoms with Gasteiger partial charge in [-0.15, -0.1) is 6.58 Å². The number of aliphatic hydroxyl groups is 1. The van der Waals surface area contributed by atoms with Crippen molar-refractivity contribution in [1.82, 2.24) is 10.1 Å². The molecule has 5 heteroatoms. The van der Waals surface area contributed by atoms with Gasteiger partial charge in [-0.05, 0) is 16.8 Å². The molecule has 0 aliphatic rings. The SMILES string of the molecule is C=CCN(CCO)Cc1cc(-c2c(OC)ccc3ccccc23)no1. The molecule has 130 valence electrons. The Morgan fingerprint density at radius 2 is 2.12 bits per heavy atom. The lowest BCUT2D eigenvalue weighted by molar-refractivity contribution is 0.189. The second kappa shape index (κ2) is 7.96. The summed E-state index contributed by atoms with van der Waals surface area (Å²) in [5.74, 6) is 1.50. The van der Waals surface area contributed by atoms with Gasteiger partial charge in [0.05, 0.1) is 25.8 Å². The molecule has 0 saturated heterocycles. The van der Waals surface area contributed by atoms with E-state index in [4.69, 9.17) is 9.26 Å². The average molecular weight is 338 g/mol. The summed E-state index contributed by atoms with van der Waals surface area (Å²) < 4.78 is 11.1. The zero-order chi connectivity index (χ0) is 17.6. The van der Waals surface area contributed by atoms with E-state index in [1.807, 2.05) is 35.2 Å². The fourth-order valence-corrected chi connectivity index (χ4v) is 2.97. The van der Waals surface area contributed by atoms with Crippen LogP contribution in [0.4, 0.5) is 0 Å². The van der Waals surface area contributed by atoms with E-state index in [0.717, 1.165) is 33.5 Å². The molecular weight excluding hydrogens is 316 g/mol. The van der Waals surface area contributed by atoms with Gasteiger partial charge in [0, 0.05) is 19.2 Å². The van der Waals surface area contributed by atoms with Gasteiger partial charge in [0.2, 0.25) is 0 Å². The van der Waals surface area contributed by atoms with Gasteiger partial charge in [0.1, 0.15) is 11.4 Å². The molecule has 0 unspecified atom stereocenters. The number of methoxy groups -OCH3 is 1. The van der Waals surface area contributed by atoms with Crippen molar-refractivity contribution >= 4 is 10.8 Å². The molecule has 2 aromatic carbocycles. The fourth-order valence-electron chi connectivity index (χ4n) is 2.97. The topological polar surface area (TPSA) is 58.7 Å². The van der Waals surface area contributed by atoms with Crippen LogP contribution in [0.25, 0.3) is 22.0 Å². The molecule has 1 aromatic heterocycles. The zero-order valence-electron chi connectivity index (χ0n) is 14.3. The molecule has 0 radical (unpaired) electrons. The molecule has 25 heavy (non-hydrogen) atoms. The van der Waals surface area contributed by atoms with Crippen LogP contribution in [0.15, 0.2) is 59.6 Å². The first-order valence-electron chi connectivity index (χ1n) is 8.22. The number of hydrogen-bond donors (Lipinski definition) is 1. The van der Waals surface area contributed by atoms with E-state index < -0.39 is 0 Å². The van der Waals surface area contributed by atoms with Crippen molar-refractivity contribution < 1.29 is 14.4 Å². The number of ether oxygens (including phenoxy) is 1. The van der Waals surface area contributed by atoms with E-state index in [-0.39, 0.29) is 6.61 Å². The molecule has 0 bridgehead atoms. The Hall–Kier alpha value is -2.63. The molecule has 0 aliphatic carbocycles. The lowest BCUT2D eigenvalue weighted by atomic mass is 10.0. The van der Waals surface area contributed by atoms with Crippen LogP contribution in [-0.2, 0) is 6.54 Å². The molecule has 0 saturated carbocycles. The Bertz CT molecular complexity index is 857. The Kier molecular flexibility index (Phi) is 5.48. The third-order valence-electron chi connectivity index (χ3n) is 4.11. The van der Waals surface area contributed by atoms with Crippen LogP contribution in [0.5, 0.6) is 5.75 Å². The molecule has 1 N–H and O–H groups in total. The molecule has 0 amide bonds. The van der Waals surface area contributed by atoms with Crippen LogP contribution in [0.2, 0.25) is 0 Å². The summed E-state index contributed by atoms with van der Waals surface area (Å²) in [6.07, 6.45) is 1.81. The highest BCUT2D eigenvalue weighted by Gasteiger charge is 2.16. The second-order valence-electron chi connectivity index (χ2n) is 5.79. The number of aromatic nitrogens is 1. The van der Waals surface area contributed by atoms with Crippen molar-refractivity contribution in [1.29, 1.82) is 0 Å². The van der Waals surface area contributed by atoms with E-state index in [0.29, 0.717) is 19.6 Å². The van der Waals surface area contributed by atoms with Crippen LogP contribution in [0.3, 0.4) is 0 Å². The maximum Gasteiger partial charge on any atom is 0.151 e. The van der Waals surface area contributed by atoms with Gasteiger partial charge in [-0.2, -0.15) is 0 Å². The fraction of sp³-hybridized carbons (Fsp3) is 0.250. The third kappa shape index (κ3) is 3.73. The zero-order valence-corrected chi connectivity index (χ0v) is 14.3. The lowest BCUT2D eigenvalue weighted by Gasteiger charge is -2.16. The summed E-state index contributed by atoms with van der Waals surface area (Å²) >= 11 is 0. The van der Waals surface area contributed by atoms with Gasteiger partial charge >= 0.3 is 0 Å². The van der Waals surface area contributed by atoms with E-state index in [9.17, 15) is 5.11 Å². The predicted molar refractivity (Wildman–Crippen MR) is 98.6 cm³/mol. The van der Waals surface area contributed by atoms with Crippen molar-refractivity contribution in [2.24, 2.45) is 0 Å². The number of rotatable bonds is 8. The highest BCUT2D eigenvalue weighted by atomic mass is 16.5. The number of benzene rings is 2. The molecule has 1 heterocycles. The van der Waals surface area contributed by atoms with Gasteiger partial charge in [0.15, 0.2) is 5.76 Å². The van der Waals surface area contributed by atoms with Crippen LogP contribution in [-0.4, -0.2) is 42.0 Å². The molecule has 0 atom stereocenters. The maximum absolute atomic E-state index is 9.17. The molecule has 0 aliphatic heterocycles. The van der Waals surface area contributed by atoms with Crippen LogP contribution < -0.4 is 4.74 Å². The predicted octanol–water partition coefficient (Wildman–Crippen LogP) is 3.48. The first-order chi connectivity index (χ1) is 12.3. The number of hydrogen-bond acceptors (Lipinski definition) is 5. The number of nitrogens with zero attached hydrogens (tertiary/aromatic N) is 2. The smallest absolute Gasteiger partial charge is 0.151 e. The molecule has 0 fully saturated rings. The first-order valence-corrected chi connectivity index (χ1v) is 8.22. The second-order valence-corrected chi connectivity index (χ2v) is 5.79. The Balaban J connectivity index is 1.97. The summed E-state index contributed by atoms with van der Waals surface area (Å²) in [5.41, 5.74) is 1.67. The molecule has 3 aromatic rings. The van der Waals surface area contributed by atoms with Crippen molar-refractivity contribution in [2.45, 2.75) is 6.54 Å². The van der Waals surface area contributed by atoms with Crippen molar-refractivity contribution in [2.75, 3.05) is 26.8 Å². The van der Waals surface area contributed by atoms with Gasteiger partial charge in [-0.25, -0.2) is 0 Å². The summed E-state index contributed by atoms with van der Waals surface area (Å²) in [6, 6.07) is 14.0. The Labute approximate surface area is 147 Å². The number of aliphatic hydroxyl groups excluding tert-OH is 1. The third-order valence-corrected chi connectivity index (χ3v) is 4.11.